The topological polar surface area (TPSA) is 53.9 Å². The van der Waals surface area contributed by atoms with Gasteiger partial charge in [-0.1, -0.05) is 18.2 Å². The Morgan fingerprint density at radius 2 is 2.00 bits per heavy atom. The van der Waals surface area contributed by atoms with Crippen LogP contribution in [0.2, 0.25) is 0 Å². The van der Waals surface area contributed by atoms with Crippen molar-refractivity contribution in [1.82, 2.24) is 10.3 Å². The first-order chi connectivity index (χ1) is 11.7. The van der Waals surface area contributed by atoms with Crippen LogP contribution in [0.3, 0.4) is 0 Å². The number of carbonyl (C=O) groups is 1. The number of amides is 1. The third kappa shape index (κ3) is 4.50. The van der Waals surface area contributed by atoms with Crippen molar-refractivity contribution in [1.29, 1.82) is 0 Å². The number of hydrazone groups is 1. The van der Waals surface area contributed by atoms with Crippen LogP contribution in [-0.2, 0) is 11.3 Å². The summed E-state index contributed by atoms with van der Waals surface area (Å²) in [6, 6.07) is 11.6. The van der Waals surface area contributed by atoms with E-state index in [1.54, 1.807) is 11.3 Å². The minimum Gasteiger partial charge on any atom is -0.379 e. The van der Waals surface area contributed by atoms with Gasteiger partial charge in [0, 0.05) is 30.1 Å². The molecular formula is C18H21N3O2S. The van der Waals surface area contributed by atoms with E-state index in [0.29, 0.717) is 5.56 Å². The van der Waals surface area contributed by atoms with Gasteiger partial charge in [-0.3, -0.25) is 9.69 Å². The number of ether oxygens (including phenoxy) is 1. The SMILES string of the molecule is CC(=NNC(=O)c1ccc(CN2CCOCC2)cc1)c1cccs1. The van der Waals surface area contributed by atoms with E-state index < -0.39 is 0 Å². The molecule has 1 aromatic carbocycles. The Labute approximate surface area is 145 Å². The second kappa shape index (κ2) is 8.19. The van der Waals surface area contributed by atoms with Gasteiger partial charge in [0.15, 0.2) is 0 Å². The first kappa shape index (κ1) is 16.8. The summed E-state index contributed by atoms with van der Waals surface area (Å²) in [6.45, 7) is 6.28. The quantitative estimate of drug-likeness (QED) is 0.671. The van der Waals surface area contributed by atoms with Gasteiger partial charge in [0.2, 0.25) is 0 Å². The molecule has 3 rings (SSSR count). The second-order valence-corrected chi connectivity index (χ2v) is 6.65. The highest BCUT2D eigenvalue weighted by Gasteiger charge is 2.11. The van der Waals surface area contributed by atoms with E-state index in [1.165, 1.54) is 5.56 Å². The highest BCUT2D eigenvalue weighted by atomic mass is 32.1. The largest absolute Gasteiger partial charge is 0.379 e. The van der Waals surface area contributed by atoms with Gasteiger partial charge in [0.05, 0.1) is 18.9 Å². The summed E-state index contributed by atoms with van der Waals surface area (Å²) in [5.74, 6) is -0.191. The average Bonchev–Trinajstić information content (AvgIpc) is 3.16. The van der Waals surface area contributed by atoms with E-state index in [4.69, 9.17) is 4.74 Å². The van der Waals surface area contributed by atoms with Gasteiger partial charge in [-0.2, -0.15) is 5.10 Å². The highest BCUT2D eigenvalue weighted by molar-refractivity contribution is 7.12. The third-order valence-electron chi connectivity index (χ3n) is 3.93. The maximum absolute atomic E-state index is 12.2. The molecule has 0 unspecified atom stereocenters. The zero-order chi connectivity index (χ0) is 16.8. The first-order valence-electron chi connectivity index (χ1n) is 8.00. The van der Waals surface area contributed by atoms with Crippen molar-refractivity contribution >= 4 is 23.0 Å². The van der Waals surface area contributed by atoms with Crippen molar-refractivity contribution in [3.63, 3.8) is 0 Å². The lowest BCUT2D eigenvalue weighted by Gasteiger charge is -2.26. The molecule has 24 heavy (non-hydrogen) atoms. The second-order valence-electron chi connectivity index (χ2n) is 5.70. The predicted molar refractivity (Wildman–Crippen MR) is 96.5 cm³/mol. The van der Waals surface area contributed by atoms with Gasteiger partial charge in [-0.05, 0) is 36.1 Å². The molecule has 1 aliphatic rings. The van der Waals surface area contributed by atoms with Crippen LogP contribution in [-0.4, -0.2) is 42.8 Å². The molecule has 1 fully saturated rings. The molecule has 126 valence electrons. The molecule has 0 radical (unpaired) electrons. The molecule has 0 aliphatic carbocycles. The third-order valence-corrected chi connectivity index (χ3v) is 4.91. The van der Waals surface area contributed by atoms with Crippen LogP contribution in [0.5, 0.6) is 0 Å². The molecule has 0 bridgehead atoms. The number of rotatable bonds is 5. The van der Waals surface area contributed by atoms with Gasteiger partial charge >= 0.3 is 0 Å². The standard InChI is InChI=1S/C18H21N3O2S/c1-14(17-3-2-12-24-17)19-20-18(22)16-6-4-15(5-7-16)13-21-8-10-23-11-9-21/h2-7,12H,8-11,13H2,1H3,(H,20,22). The van der Waals surface area contributed by atoms with E-state index in [1.807, 2.05) is 48.7 Å². The maximum Gasteiger partial charge on any atom is 0.271 e. The van der Waals surface area contributed by atoms with Crippen molar-refractivity contribution in [2.75, 3.05) is 26.3 Å². The van der Waals surface area contributed by atoms with Gasteiger partial charge in [-0.25, -0.2) is 5.43 Å². The predicted octanol–water partition coefficient (Wildman–Crippen LogP) is 2.73. The number of hydrogen-bond acceptors (Lipinski definition) is 5. The summed E-state index contributed by atoms with van der Waals surface area (Å²) >= 11 is 1.60. The molecule has 2 heterocycles. The Morgan fingerprint density at radius 1 is 1.25 bits per heavy atom. The molecule has 1 N–H and O–H groups in total. The van der Waals surface area contributed by atoms with Crippen LogP contribution in [0.25, 0.3) is 0 Å². The fraction of sp³-hybridized carbons (Fsp3) is 0.333. The van der Waals surface area contributed by atoms with Gasteiger partial charge in [-0.15, -0.1) is 11.3 Å². The van der Waals surface area contributed by atoms with Crippen LogP contribution in [0.4, 0.5) is 0 Å². The number of hydrogen-bond donors (Lipinski definition) is 1. The molecule has 1 aromatic heterocycles. The molecule has 0 saturated carbocycles. The van der Waals surface area contributed by atoms with E-state index >= 15 is 0 Å². The molecule has 0 spiro atoms. The van der Waals surface area contributed by atoms with Crippen molar-refractivity contribution < 1.29 is 9.53 Å². The number of thiophene rings is 1. The zero-order valence-electron chi connectivity index (χ0n) is 13.7. The number of nitrogens with zero attached hydrogens (tertiary/aromatic N) is 2. The Hall–Kier alpha value is -2.02. The van der Waals surface area contributed by atoms with Gasteiger partial charge < -0.3 is 4.74 Å². The average molecular weight is 343 g/mol. The monoisotopic (exact) mass is 343 g/mol. The molecule has 1 amide bonds. The summed E-state index contributed by atoms with van der Waals surface area (Å²) in [4.78, 5) is 15.6. The first-order valence-corrected chi connectivity index (χ1v) is 8.88. The van der Waals surface area contributed by atoms with Crippen LogP contribution < -0.4 is 5.43 Å². The van der Waals surface area contributed by atoms with Crippen LogP contribution >= 0.6 is 11.3 Å². The molecule has 0 atom stereocenters. The number of benzene rings is 1. The van der Waals surface area contributed by atoms with Crippen LogP contribution in [0, 0.1) is 0 Å². The Morgan fingerprint density at radius 3 is 2.67 bits per heavy atom. The zero-order valence-corrected chi connectivity index (χ0v) is 14.5. The number of carbonyl (C=O) groups excluding carboxylic acids is 1. The Balaban J connectivity index is 1.56. The van der Waals surface area contributed by atoms with E-state index in [0.717, 1.165) is 43.4 Å². The van der Waals surface area contributed by atoms with Gasteiger partial charge in [0.25, 0.3) is 5.91 Å². The van der Waals surface area contributed by atoms with Crippen LogP contribution in [0.1, 0.15) is 27.7 Å². The lowest BCUT2D eigenvalue weighted by molar-refractivity contribution is 0.0342. The van der Waals surface area contributed by atoms with E-state index in [2.05, 4.69) is 15.4 Å². The number of nitrogens with one attached hydrogen (secondary N) is 1. The van der Waals surface area contributed by atoms with Crippen LogP contribution in [0.15, 0.2) is 46.9 Å². The summed E-state index contributed by atoms with van der Waals surface area (Å²) < 4.78 is 5.35. The normalized spacial score (nSPS) is 16.1. The fourth-order valence-electron chi connectivity index (χ4n) is 2.52. The molecular weight excluding hydrogens is 322 g/mol. The molecule has 2 aromatic rings. The van der Waals surface area contributed by atoms with E-state index in [-0.39, 0.29) is 5.91 Å². The van der Waals surface area contributed by atoms with Crippen molar-refractivity contribution in [2.45, 2.75) is 13.5 Å². The highest BCUT2D eigenvalue weighted by Crippen LogP contribution is 2.11. The molecule has 1 saturated heterocycles. The molecule has 1 aliphatic heterocycles. The molecule has 5 nitrogen and oxygen atoms in total. The lowest BCUT2D eigenvalue weighted by Crippen LogP contribution is -2.35. The minimum absolute atomic E-state index is 0.191. The Bertz CT molecular complexity index is 690. The smallest absolute Gasteiger partial charge is 0.271 e. The molecule has 6 heteroatoms. The van der Waals surface area contributed by atoms with Gasteiger partial charge in [0.1, 0.15) is 0 Å². The van der Waals surface area contributed by atoms with Crippen molar-refractivity contribution in [3.8, 4) is 0 Å². The summed E-state index contributed by atoms with van der Waals surface area (Å²) in [5, 5.41) is 6.15. The summed E-state index contributed by atoms with van der Waals surface area (Å²) in [7, 11) is 0. The Kier molecular flexibility index (Phi) is 5.74. The van der Waals surface area contributed by atoms with Crippen molar-refractivity contribution in [2.24, 2.45) is 5.10 Å². The number of morpholine rings is 1. The van der Waals surface area contributed by atoms with E-state index in [9.17, 15) is 4.79 Å². The maximum atomic E-state index is 12.2. The summed E-state index contributed by atoms with van der Waals surface area (Å²) in [5.41, 5.74) is 5.24. The fourth-order valence-corrected chi connectivity index (χ4v) is 3.19. The lowest BCUT2D eigenvalue weighted by atomic mass is 10.1. The van der Waals surface area contributed by atoms with Crippen molar-refractivity contribution in [3.05, 3.63) is 57.8 Å². The minimum atomic E-state index is -0.191. The summed E-state index contributed by atoms with van der Waals surface area (Å²) in [6.07, 6.45) is 0.